The van der Waals surface area contributed by atoms with E-state index < -0.39 is 0 Å². The summed E-state index contributed by atoms with van der Waals surface area (Å²) < 4.78 is 0. The lowest BCUT2D eigenvalue weighted by atomic mass is 10.0. The van der Waals surface area contributed by atoms with Crippen molar-refractivity contribution in [3.8, 4) is 0 Å². The van der Waals surface area contributed by atoms with E-state index in [2.05, 4.69) is 45.0 Å². The maximum Gasteiger partial charge on any atom is 0.0155 e. The molecule has 2 aromatic rings. The molecule has 0 amide bonds. The fourth-order valence-corrected chi connectivity index (χ4v) is 3.35. The largest absolute Gasteiger partial charge is 0.144 e. The van der Waals surface area contributed by atoms with Crippen LogP contribution in [0.5, 0.6) is 0 Å². The van der Waals surface area contributed by atoms with Crippen LogP contribution in [0.4, 0.5) is 0 Å². The minimum absolute atomic E-state index is 0.695. The zero-order chi connectivity index (χ0) is 10.8. The van der Waals surface area contributed by atoms with Gasteiger partial charge in [-0.3, -0.25) is 0 Å². The van der Waals surface area contributed by atoms with Crippen molar-refractivity contribution in [1.82, 2.24) is 0 Å². The number of hydrogen-bond donors (Lipinski definition) is 0. The number of rotatable bonds is 3. The minimum Gasteiger partial charge on any atom is -0.144 e. The van der Waals surface area contributed by atoms with Crippen molar-refractivity contribution in [2.45, 2.75) is 39.5 Å². The Labute approximate surface area is 95.9 Å². The molecule has 80 valence electrons. The maximum atomic E-state index is 2.33. The van der Waals surface area contributed by atoms with Crippen molar-refractivity contribution < 1.29 is 0 Å². The molecule has 0 nitrogen and oxygen atoms in total. The predicted octanol–water partition coefficient (Wildman–Crippen LogP) is 4.98. The van der Waals surface area contributed by atoms with E-state index in [0.29, 0.717) is 5.92 Å². The molecule has 0 N–H and O–H groups in total. The van der Waals surface area contributed by atoms with E-state index in [0.717, 1.165) is 6.42 Å². The van der Waals surface area contributed by atoms with Crippen LogP contribution in [0, 0.1) is 0 Å². The first-order valence-electron chi connectivity index (χ1n) is 5.78. The molecule has 1 heterocycles. The maximum absolute atomic E-state index is 2.33. The van der Waals surface area contributed by atoms with E-state index in [4.69, 9.17) is 0 Å². The number of aryl methyl sites for hydroxylation is 1. The van der Waals surface area contributed by atoms with Gasteiger partial charge in [0.1, 0.15) is 0 Å². The average Bonchev–Trinajstić information content (AvgIpc) is 2.67. The first kappa shape index (κ1) is 10.7. The number of fused-ring (bicyclic) bond motifs is 1. The number of hydrogen-bond acceptors (Lipinski definition) is 1. The van der Waals surface area contributed by atoms with Crippen molar-refractivity contribution in [3.63, 3.8) is 0 Å². The third-order valence-electron chi connectivity index (χ3n) is 3.11. The molecule has 0 radical (unpaired) electrons. The third kappa shape index (κ3) is 1.81. The van der Waals surface area contributed by atoms with E-state index in [1.54, 1.807) is 9.75 Å². The molecule has 2 rings (SSSR count). The van der Waals surface area contributed by atoms with Crippen molar-refractivity contribution in [1.29, 1.82) is 0 Å². The highest BCUT2D eigenvalue weighted by atomic mass is 32.1. The van der Waals surface area contributed by atoms with Crippen LogP contribution in [0.2, 0.25) is 0 Å². The van der Waals surface area contributed by atoms with Crippen LogP contribution in [0.3, 0.4) is 0 Å². The number of thiophene rings is 1. The first-order chi connectivity index (χ1) is 7.27. The highest BCUT2D eigenvalue weighted by molar-refractivity contribution is 7.13. The van der Waals surface area contributed by atoms with Gasteiger partial charge in [0.05, 0.1) is 0 Å². The van der Waals surface area contributed by atoms with E-state index in [9.17, 15) is 0 Å². The van der Waals surface area contributed by atoms with Crippen molar-refractivity contribution >= 4 is 22.1 Å². The van der Waals surface area contributed by atoms with E-state index in [-0.39, 0.29) is 0 Å². The molecule has 0 bridgehead atoms. The Bertz CT molecular complexity index is 453. The van der Waals surface area contributed by atoms with Crippen LogP contribution in [-0.4, -0.2) is 0 Å². The molecular formula is C14H18S. The summed E-state index contributed by atoms with van der Waals surface area (Å²) in [6.45, 7) is 6.85. The second-order valence-corrected chi connectivity index (χ2v) is 5.23. The van der Waals surface area contributed by atoms with Crippen LogP contribution in [0.15, 0.2) is 24.3 Å². The van der Waals surface area contributed by atoms with Gasteiger partial charge in [-0.25, -0.2) is 0 Å². The van der Waals surface area contributed by atoms with E-state index >= 15 is 0 Å². The van der Waals surface area contributed by atoms with Gasteiger partial charge in [0.25, 0.3) is 0 Å². The van der Waals surface area contributed by atoms with Crippen LogP contribution < -0.4 is 0 Å². The van der Waals surface area contributed by atoms with Gasteiger partial charge in [-0.15, -0.1) is 11.3 Å². The predicted molar refractivity (Wildman–Crippen MR) is 69.9 cm³/mol. The average molecular weight is 218 g/mol. The molecule has 0 aliphatic rings. The summed E-state index contributed by atoms with van der Waals surface area (Å²) in [6.07, 6.45) is 2.38. The SMILES string of the molecule is CCc1sc(C(C)CC)c2ccccc12. The number of benzene rings is 1. The van der Waals surface area contributed by atoms with Gasteiger partial charge in [-0.2, -0.15) is 0 Å². The summed E-state index contributed by atoms with van der Waals surface area (Å²) in [7, 11) is 0. The quantitative estimate of drug-likeness (QED) is 0.681. The van der Waals surface area contributed by atoms with Gasteiger partial charge in [0.2, 0.25) is 0 Å². The molecule has 1 unspecified atom stereocenters. The van der Waals surface area contributed by atoms with Crippen LogP contribution in [0.1, 0.15) is 42.9 Å². The molecule has 0 aliphatic carbocycles. The second kappa shape index (κ2) is 4.36. The Morgan fingerprint density at radius 2 is 1.80 bits per heavy atom. The molecule has 0 fully saturated rings. The van der Waals surface area contributed by atoms with Gasteiger partial charge in [-0.05, 0) is 29.5 Å². The summed E-state index contributed by atoms with van der Waals surface area (Å²) in [5.41, 5.74) is 0. The summed E-state index contributed by atoms with van der Waals surface area (Å²) in [5.74, 6) is 0.695. The molecule has 1 aromatic carbocycles. The van der Waals surface area contributed by atoms with Gasteiger partial charge in [0.15, 0.2) is 0 Å². The van der Waals surface area contributed by atoms with Gasteiger partial charge < -0.3 is 0 Å². The van der Waals surface area contributed by atoms with Gasteiger partial charge in [-0.1, -0.05) is 45.0 Å². The highest BCUT2D eigenvalue weighted by Gasteiger charge is 2.13. The zero-order valence-electron chi connectivity index (χ0n) is 9.71. The van der Waals surface area contributed by atoms with Crippen LogP contribution in [0.25, 0.3) is 10.8 Å². The van der Waals surface area contributed by atoms with Gasteiger partial charge >= 0.3 is 0 Å². The smallest absolute Gasteiger partial charge is 0.0155 e. The third-order valence-corrected chi connectivity index (χ3v) is 4.70. The monoisotopic (exact) mass is 218 g/mol. The molecule has 1 aromatic heterocycles. The fraction of sp³-hybridized carbons (Fsp3) is 0.429. The van der Waals surface area contributed by atoms with E-state index in [1.165, 1.54) is 17.2 Å². The summed E-state index contributed by atoms with van der Waals surface area (Å²) in [6, 6.07) is 8.83. The lowest BCUT2D eigenvalue weighted by Crippen LogP contribution is -1.86. The van der Waals surface area contributed by atoms with Crippen molar-refractivity contribution in [2.75, 3.05) is 0 Å². The first-order valence-corrected chi connectivity index (χ1v) is 6.59. The summed E-state index contributed by atoms with van der Waals surface area (Å²) in [4.78, 5) is 3.12. The Kier molecular flexibility index (Phi) is 3.11. The molecule has 1 atom stereocenters. The molecule has 0 aliphatic heterocycles. The summed E-state index contributed by atoms with van der Waals surface area (Å²) in [5, 5.41) is 2.95. The second-order valence-electron chi connectivity index (χ2n) is 4.10. The Balaban J connectivity index is 2.65. The molecular weight excluding hydrogens is 200 g/mol. The standard InChI is InChI=1S/C14H18S/c1-4-10(3)14-12-9-7-6-8-11(12)13(5-2)15-14/h6-10H,4-5H2,1-3H3. The van der Waals surface area contributed by atoms with E-state index in [1.807, 2.05) is 11.3 Å². The lowest BCUT2D eigenvalue weighted by Gasteiger charge is -2.05. The van der Waals surface area contributed by atoms with Gasteiger partial charge in [0, 0.05) is 9.75 Å². The normalized spacial score (nSPS) is 13.3. The Morgan fingerprint density at radius 3 is 2.40 bits per heavy atom. The fourth-order valence-electron chi connectivity index (χ4n) is 2.00. The molecule has 15 heavy (non-hydrogen) atoms. The Hall–Kier alpha value is -0.820. The summed E-state index contributed by atoms with van der Waals surface area (Å²) >= 11 is 2.01. The van der Waals surface area contributed by atoms with Crippen molar-refractivity contribution in [3.05, 3.63) is 34.0 Å². The highest BCUT2D eigenvalue weighted by Crippen LogP contribution is 2.37. The minimum atomic E-state index is 0.695. The van der Waals surface area contributed by atoms with Crippen LogP contribution >= 0.6 is 11.3 Å². The Morgan fingerprint density at radius 1 is 1.13 bits per heavy atom. The molecule has 1 heteroatoms. The van der Waals surface area contributed by atoms with Crippen LogP contribution in [-0.2, 0) is 6.42 Å². The zero-order valence-corrected chi connectivity index (χ0v) is 10.5. The molecule has 0 spiro atoms. The molecule has 0 saturated heterocycles. The molecule has 0 saturated carbocycles. The lowest BCUT2D eigenvalue weighted by molar-refractivity contribution is 0.753. The topological polar surface area (TPSA) is 0 Å². The van der Waals surface area contributed by atoms with Crippen molar-refractivity contribution in [2.24, 2.45) is 0 Å².